The Morgan fingerprint density at radius 3 is 2.49 bits per heavy atom. The van der Waals surface area contributed by atoms with Gasteiger partial charge in [0, 0.05) is 36.8 Å². The number of nitrogens with two attached hydrogens (primary N) is 1. The molecule has 1 aliphatic rings. The Labute approximate surface area is 235 Å². The molecule has 10 nitrogen and oxygen atoms in total. The Hall–Kier alpha value is -4.61. The molecule has 4 aromatic rings. The topological polar surface area (TPSA) is 128 Å². The van der Waals surface area contributed by atoms with Gasteiger partial charge in [0.15, 0.2) is 5.65 Å². The van der Waals surface area contributed by atoms with Gasteiger partial charge in [-0.1, -0.05) is 24.3 Å². The first-order valence-electron chi connectivity index (χ1n) is 13.3. The van der Waals surface area contributed by atoms with Gasteiger partial charge in [0.05, 0.1) is 11.4 Å². The van der Waals surface area contributed by atoms with Crippen molar-refractivity contribution < 1.29 is 23.1 Å². The molecule has 0 bridgehead atoms. The van der Waals surface area contributed by atoms with E-state index in [0.29, 0.717) is 35.9 Å². The summed E-state index contributed by atoms with van der Waals surface area (Å²) in [4.78, 5) is 35.4. The molecule has 3 N–H and O–H groups in total. The monoisotopic (exact) mass is 563 g/mol. The molecular formula is C29H31F2N7O3. The fourth-order valence-corrected chi connectivity index (χ4v) is 4.85. The summed E-state index contributed by atoms with van der Waals surface area (Å²) in [6.07, 6.45) is 2.61. The smallest absolute Gasteiger partial charge is 0.410 e. The largest absolute Gasteiger partial charge is 0.444 e. The van der Waals surface area contributed by atoms with Gasteiger partial charge in [-0.05, 0) is 51.3 Å². The first kappa shape index (κ1) is 27.9. The van der Waals surface area contributed by atoms with Crippen LogP contribution in [0.5, 0.6) is 0 Å². The van der Waals surface area contributed by atoms with E-state index in [1.807, 2.05) is 49.7 Å². The van der Waals surface area contributed by atoms with E-state index in [1.54, 1.807) is 4.90 Å². The summed E-state index contributed by atoms with van der Waals surface area (Å²) < 4.78 is 34.3. The summed E-state index contributed by atoms with van der Waals surface area (Å²) in [7, 11) is 0. The van der Waals surface area contributed by atoms with Gasteiger partial charge < -0.3 is 20.7 Å². The number of piperidine rings is 1. The third kappa shape index (κ3) is 6.26. The van der Waals surface area contributed by atoms with Crippen molar-refractivity contribution >= 4 is 28.9 Å². The number of carbonyl (C=O) groups is 2. The average molecular weight is 564 g/mol. The third-order valence-corrected chi connectivity index (χ3v) is 6.72. The number of anilines is 1. The van der Waals surface area contributed by atoms with Crippen molar-refractivity contribution in [1.82, 2.24) is 30.0 Å². The molecule has 214 valence electrons. The first-order chi connectivity index (χ1) is 19.5. The Balaban J connectivity index is 1.36. The van der Waals surface area contributed by atoms with Crippen molar-refractivity contribution in [3.63, 3.8) is 0 Å². The van der Waals surface area contributed by atoms with E-state index in [4.69, 9.17) is 15.6 Å². The molecule has 0 aliphatic carbocycles. The van der Waals surface area contributed by atoms with Crippen LogP contribution >= 0.6 is 0 Å². The summed E-state index contributed by atoms with van der Waals surface area (Å²) in [6, 6.07) is 9.86. The molecule has 1 saturated heterocycles. The molecule has 5 rings (SSSR count). The zero-order valence-corrected chi connectivity index (χ0v) is 23.0. The van der Waals surface area contributed by atoms with Gasteiger partial charge in [0.25, 0.3) is 5.91 Å². The summed E-state index contributed by atoms with van der Waals surface area (Å²) in [5, 5.41) is 8.16. The molecule has 2 aromatic heterocycles. The van der Waals surface area contributed by atoms with Crippen LogP contribution in [-0.4, -0.2) is 55.3 Å². The van der Waals surface area contributed by atoms with Gasteiger partial charge in [-0.25, -0.2) is 28.2 Å². The lowest BCUT2D eigenvalue weighted by molar-refractivity contribution is 0.0169. The zero-order valence-electron chi connectivity index (χ0n) is 23.0. The number of halogens is 2. The number of nitrogen functional groups attached to an aromatic ring is 1. The second-order valence-electron chi connectivity index (χ2n) is 11.0. The van der Waals surface area contributed by atoms with E-state index in [0.717, 1.165) is 36.1 Å². The van der Waals surface area contributed by atoms with Crippen LogP contribution in [0.4, 0.5) is 19.4 Å². The standard InChI is InChI=1S/C29H31F2N7O3/c1-29(2,3)41-28(40)37-10-4-5-22(15-37)38-26-23(25(32)34-16-35-26)24(36-38)18-8-6-17(7-9-18)14-33-27(39)19-11-20(30)13-21(31)12-19/h6-9,11-13,16,22H,4-5,10,14-15H2,1-3H3,(H,33,39)(H2,32,34,35)/t22-/m1/s1. The van der Waals surface area contributed by atoms with Crippen LogP contribution in [0.1, 0.15) is 55.6 Å². The molecular weight excluding hydrogens is 532 g/mol. The zero-order chi connectivity index (χ0) is 29.3. The van der Waals surface area contributed by atoms with Crippen LogP contribution < -0.4 is 11.1 Å². The van der Waals surface area contributed by atoms with Crippen LogP contribution in [0.25, 0.3) is 22.3 Å². The van der Waals surface area contributed by atoms with Crippen molar-refractivity contribution in [2.75, 3.05) is 18.8 Å². The van der Waals surface area contributed by atoms with Crippen LogP contribution in [0.2, 0.25) is 0 Å². The number of ether oxygens (including phenoxy) is 1. The van der Waals surface area contributed by atoms with Crippen molar-refractivity contribution in [3.8, 4) is 11.3 Å². The number of likely N-dealkylation sites (tertiary alicyclic amines) is 1. The summed E-state index contributed by atoms with van der Waals surface area (Å²) in [6.45, 7) is 6.68. The highest BCUT2D eigenvalue weighted by Gasteiger charge is 2.31. The van der Waals surface area contributed by atoms with E-state index >= 15 is 0 Å². The van der Waals surface area contributed by atoms with E-state index in [1.165, 1.54) is 6.33 Å². The number of rotatable bonds is 5. The molecule has 41 heavy (non-hydrogen) atoms. The predicted octanol–water partition coefficient (Wildman–Crippen LogP) is 4.86. The van der Waals surface area contributed by atoms with Gasteiger partial charge in [-0.2, -0.15) is 5.10 Å². The Bertz CT molecular complexity index is 1580. The molecule has 1 atom stereocenters. The van der Waals surface area contributed by atoms with E-state index in [2.05, 4.69) is 15.3 Å². The lowest BCUT2D eigenvalue weighted by atomic mass is 10.1. The molecule has 12 heteroatoms. The number of nitrogens with one attached hydrogen (secondary N) is 1. The first-order valence-corrected chi connectivity index (χ1v) is 13.3. The second-order valence-corrected chi connectivity index (χ2v) is 11.0. The Kier molecular flexibility index (Phi) is 7.57. The number of hydrogen-bond acceptors (Lipinski definition) is 7. The second kappa shape index (κ2) is 11.1. The highest BCUT2D eigenvalue weighted by Crippen LogP contribution is 2.34. The molecule has 0 saturated carbocycles. The minimum absolute atomic E-state index is 0.0976. The van der Waals surface area contributed by atoms with Gasteiger partial charge in [0.1, 0.15) is 35.1 Å². The number of hydrogen-bond donors (Lipinski definition) is 2. The van der Waals surface area contributed by atoms with Gasteiger partial charge >= 0.3 is 6.09 Å². The highest BCUT2D eigenvalue weighted by atomic mass is 19.1. The van der Waals surface area contributed by atoms with Crippen LogP contribution in [0.3, 0.4) is 0 Å². The fraction of sp³-hybridized carbons (Fsp3) is 0.345. The van der Waals surface area contributed by atoms with Crippen molar-refractivity contribution in [2.24, 2.45) is 0 Å². The molecule has 3 heterocycles. The van der Waals surface area contributed by atoms with E-state index < -0.39 is 23.1 Å². The van der Waals surface area contributed by atoms with Gasteiger partial charge in [0.2, 0.25) is 0 Å². The lowest BCUT2D eigenvalue weighted by Gasteiger charge is -2.34. The molecule has 0 spiro atoms. The van der Waals surface area contributed by atoms with E-state index in [-0.39, 0.29) is 30.1 Å². The SMILES string of the molecule is CC(C)(C)OC(=O)N1CCC[C@@H](n2nc(-c3ccc(CNC(=O)c4cc(F)cc(F)c4)cc3)c3c(N)ncnc32)C1. The number of aromatic nitrogens is 4. The number of nitrogens with zero attached hydrogens (tertiary/aromatic N) is 5. The maximum absolute atomic E-state index is 13.5. The molecule has 0 unspecified atom stereocenters. The minimum atomic E-state index is -0.819. The lowest BCUT2D eigenvalue weighted by Crippen LogP contribution is -2.43. The van der Waals surface area contributed by atoms with Crippen molar-refractivity contribution in [2.45, 2.75) is 51.8 Å². The Morgan fingerprint density at radius 2 is 1.80 bits per heavy atom. The summed E-state index contributed by atoms with van der Waals surface area (Å²) >= 11 is 0. The van der Waals surface area contributed by atoms with Crippen molar-refractivity contribution in [3.05, 3.63) is 71.6 Å². The number of fused-ring (bicyclic) bond motifs is 1. The highest BCUT2D eigenvalue weighted by molar-refractivity contribution is 5.98. The third-order valence-electron chi connectivity index (χ3n) is 6.72. The number of amides is 2. The average Bonchev–Trinajstić information content (AvgIpc) is 3.32. The van der Waals surface area contributed by atoms with Gasteiger partial charge in [-0.3, -0.25) is 4.79 Å². The Morgan fingerprint density at radius 1 is 1.10 bits per heavy atom. The minimum Gasteiger partial charge on any atom is -0.444 e. The normalized spacial score (nSPS) is 15.6. The number of benzene rings is 2. The van der Waals surface area contributed by atoms with Gasteiger partial charge in [-0.15, -0.1) is 0 Å². The molecule has 1 fully saturated rings. The maximum Gasteiger partial charge on any atom is 0.410 e. The van der Waals surface area contributed by atoms with E-state index in [9.17, 15) is 18.4 Å². The number of carbonyl (C=O) groups excluding carboxylic acids is 2. The van der Waals surface area contributed by atoms with Crippen LogP contribution in [0.15, 0.2) is 48.8 Å². The van der Waals surface area contributed by atoms with Crippen LogP contribution in [-0.2, 0) is 11.3 Å². The predicted molar refractivity (Wildman–Crippen MR) is 149 cm³/mol. The molecule has 2 aromatic carbocycles. The fourth-order valence-electron chi connectivity index (χ4n) is 4.85. The summed E-state index contributed by atoms with van der Waals surface area (Å²) in [5.41, 5.74) is 8.29. The molecule has 1 aliphatic heterocycles. The molecule has 0 radical (unpaired) electrons. The van der Waals surface area contributed by atoms with Crippen molar-refractivity contribution in [1.29, 1.82) is 0 Å². The quantitative estimate of drug-likeness (QED) is 0.355. The molecule has 2 amide bonds. The summed E-state index contributed by atoms with van der Waals surface area (Å²) in [5.74, 6) is -1.94. The maximum atomic E-state index is 13.5. The van der Waals surface area contributed by atoms with Crippen LogP contribution in [0, 0.1) is 11.6 Å².